The van der Waals surface area contributed by atoms with Gasteiger partial charge in [0, 0.05) is 64.3 Å². The summed E-state index contributed by atoms with van der Waals surface area (Å²) in [4.78, 5) is 55.0. The molecular formula is C102H104BrCl3N6O13S. The average Bonchev–Trinajstić information content (AvgIpc) is 0.743. The molecule has 4 atom stereocenters. The summed E-state index contributed by atoms with van der Waals surface area (Å²) in [5.74, 6) is -0.474. The molecule has 0 spiro atoms. The van der Waals surface area contributed by atoms with Crippen LogP contribution < -0.4 is 30.8 Å². The third kappa shape index (κ3) is 30.4. The van der Waals surface area contributed by atoms with Crippen molar-refractivity contribution in [2.45, 2.75) is 63.3 Å². The monoisotopic (exact) mass is 1840 g/mol. The average molecular weight is 1840 g/mol. The van der Waals surface area contributed by atoms with E-state index in [0.29, 0.717) is 59.4 Å². The summed E-state index contributed by atoms with van der Waals surface area (Å²) < 4.78 is 41.0. The molecule has 4 heterocycles. The minimum absolute atomic E-state index is 0.0227. The molecule has 0 radical (unpaired) electrons. The first-order valence-electron chi connectivity index (χ1n) is 40.2. The van der Waals surface area contributed by atoms with E-state index >= 15 is 0 Å². The van der Waals surface area contributed by atoms with Crippen molar-refractivity contribution >= 4 is 69.9 Å². The molecule has 2 amide bonds. The van der Waals surface area contributed by atoms with Crippen molar-refractivity contribution in [3.05, 3.63) is 489 Å². The Balaban J connectivity index is 0.000000199. The highest BCUT2D eigenvalue weighted by Crippen LogP contribution is 2.36. The Morgan fingerprint density at radius 3 is 1.21 bits per heavy atom. The summed E-state index contributed by atoms with van der Waals surface area (Å²) in [5.41, 5.74) is 16.1. The molecule has 654 valence electrons. The maximum atomic E-state index is 13.9. The highest BCUT2D eigenvalue weighted by atomic mass is 79.9. The molecule has 0 saturated heterocycles. The molecule has 0 aliphatic carbocycles. The van der Waals surface area contributed by atoms with Gasteiger partial charge in [0.1, 0.15) is 38.8 Å². The summed E-state index contributed by atoms with van der Waals surface area (Å²) in [6.07, 6.45) is 12.2. The van der Waals surface area contributed by atoms with Crippen LogP contribution in [0.3, 0.4) is 0 Å². The topological polar surface area (TPSA) is 224 Å². The summed E-state index contributed by atoms with van der Waals surface area (Å²) in [6, 6.07) is 92.2. The highest BCUT2D eigenvalue weighted by Gasteiger charge is 2.38. The first-order valence-corrected chi connectivity index (χ1v) is 44.6. The maximum absolute atomic E-state index is 13.9. The smallest absolute Gasteiger partial charge is 0.278 e. The lowest BCUT2D eigenvalue weighted by molar-refractivity contribution is 0.0696. The highest BCUT2D eigenvalue weighted by molar-refractivity contribution is 9.09. The SMILES string of the molecule is C=CCBr.C=CCN1CNn2ccc(=O)c(OCc3ccccc3)c2C1=O.C=CCOCc1ccccc1C(Cl)c1ccccc1.C=CCOCc1ccccc1C(O)c1ccccc1.C=CCOCc1ccccc1C(c1ccccc1)N1CN(CC=C)C(=O)c2c(OCc3ccccc3)c(=O)ccn21.O=S(Cl)Cl.OCc1ccccc1C(O)c1ccccc1. The Kier molecular flexibility index (Phi) is 43.6. The van der Waals surface area contributed by atoms with E-state index in [1.807, 2.05) is 249 Å². The zero-order valence-corrected chi connectivity index (χ0v) is 74.5. The van der Waals surface area contributed by atoms with Gasteiger partial charge in [-0.15, -0.1) is 51.1 Å². The predicted molar refractivity (Wildman–Crippen MR) is 511 cm³/mol. The van der Waals surface area contributed by atoms with Crippen LogP contribution in [-0.4, -0.2) is 102 Å². The molecule has 2 aliphatic heterocycles. The Morgan fingerprint density at radius 2 is 0.770 bits per heavy atom. The van der Waals surface area contributed by atoms with Gasteiger partial charge in [-0.25, -0.2) is 4.21 Å². The molecule has 2 aliphatic rings. The van der Waals surface area contributed by atoms with Crippen LogP contribution in [-0.2, 0) is 63.1 Å². The number of allylic oxidation sites excluding steroid dienone is 1. The second-order valence-corrected chi connectivity index (χ2v) is 31.3. The first kappa shape index (κ1) is 99.4. The summed E-state index contributed by atoms with van der Waals surface area (Å²) in [5, 5.41) is 32.7. The number of benzene rings is 10. The number of aliphatic hydroxyl groups is 3. The van der Waals surface area contributed by atoms with Crippen LogP contribution >= 0.6 is 48.9 Å². The van der Waals surface area contributed by atoms with E-state index in [1.165, 1.54) is 23.0 Å². The van der Waals surface area contributed by atoms with Gasteiger partial charge in [0.05, 0.1) is 57.7 Å². The van der Waals surface area contributed by atoms with Crippen molar-refractivity contribution in [3.8, 4) is 11.5 Å². The van der Waals surface area contributed by atoms with Gasteiger partial charge >= 0.3 is 0 Å². The largest absolute Gasteiger partial charge is 0.482 e. The second kappa shape index (κ2) is 55.3. The molecule has 4 unspecified atom stereocenters. The fourth-order valence-corrected chi connectivity index (χ4v) is 13.6. The molecule has 4 N–H and O–H groups in total. The number of aromatic nitrogens is 2. The van der Waals surface area contributed by atoms with Crippen LogP contribution in [0.5, 0.6) is 11.5 Å². The third-order valence-electron chi connectivity index (χ3n) is 19.1. The Labute approximate surface area is 762 Å². The molecule has 2 aromatic heterocycles. The van der Waals surface area contributed by atoms with Gasteiger partial charge < -0.3 is 54.2 Å². The predicted octanol–water partition coefficient (Wildman–Crippen LogP) is 20.1. The van der Waals surface area contributed by atoms with Gasteiger partial charge in [0.2, 0.25) is 20.1 Å². The summed E-state index contributed by atoms with van der Waals surface area (Å²) in [7, 11) is 7.36. The van der Waals surface area contributed by atoms with E-state index in [1.54, 1.807) is 57.1 Å². The molecule has 10 aromatic carbocycles. The van der Waals surface area contributed by atoms with E-state index in [-0.39, 0.29) is 83.5 Å². The van der Waals surface area contributed by atoms with Gasteiger partial charge in [-0.05, 0) is 77.9 Å². The molecule has 126 heavy (non-hydrogen) atoms. The zero-order valence-electron chi connectivity index (χ0n) is 69.9. The Morgan fingerprint density at radius 1 is 0.421 bits per heavy atom. The maximum Gasteiger partial charge on any atom is 0.278 e. The first-order chi connectivity index (χ1) is 61.4. The van der Waals surface area contributed by atoms with E-state index in [4.69, 9.17) is 39.5 Å². The molecule has 0 saturated carbocycles. The summed E-state index contributed by atoms with van der Waals surface area (Å²) in [6.45, 7) is 26.5. The molecule has 12 aromatic rings. The molecule has 19 nitrogen and oxygen atoms in total. The van der Waals surface area contributed by atoms with E-state index < -0.39 is 21.4 Å². The number of nitrogens with one attached hydrogen (secondary N) is 1. The number of halogens is 4. The number of nitrogens with zero attached hydrogens (tertiary/aromatic N) is 5. The summed E-state index contributed by atoms with van der Waals surface area (Å²) >= 11 is 9.70. The van der Waals surface area contributed by atoms with Crippen LogP contribution in [0, 0.1) is 0 Å². The third-order valence-corrected chi connectivity index (χ3v) is 20.1. The lowest BCUT2D eigenvalue weighted by Crippen LogP contribution is -2.55. The Bertz CT molecular complexity index is 5430. The van der Waals surface area contributed by atoms with Gasteiger partial charge in [0.25, 0.3) is 11.8 Å². The van der Waals surface area contributed by atoms with Crippen molar-refractivity contribution in [2.24, 2.45) is 0 Å². The number of hydrogen-bond acceptors (Lipinski definition) is 15. The van der Waals surface area contributed by atoms with E-state index in [2.05, 4.69) is 118 Å². The van der Waals surface area contributed by atoms with Crippen LogP contribution in [0.1, 0.15) is 122 Å². The quantitative estimate of drug-likeness (QED) is 0.0130. The number of pyridine rings is 2. The number of alkyl halides is 2. The minimum atomic E-state index is -1.67. The van der Waals surface area contributed by atoms with Crippen molar-refractivity contribution in [2.75, 3.05) is 62.0 Å². The molecule has 0 fully saturated rings. The zero-order chi connectivity index (χ0) is 90.2. The number of fused-ring (bicyclic) bond motifs is 2. The van der Waals surface area contributed by atoms with Crippen LogP contribution in [0.4, 0.5) is 0 Å². The van der Waals surface area contributed by atoms with Gasteiger partial charge in [-0.2, -0.15) is 0 Å². The number of carbonyl (C=O) groups excluding carboxylic acids is 2. The van der Waals surface area contributed by atoms with Crippen LogP contribution in [0.15, 0.2) is 389 Å². The molecule has 24 heteroatoms. The van der Waals surface area contributed by atoms with Gasteiger partial charge in [-0.3, -0.25) is 33.5 Å². The standard InChI is InChI=1S/C34H33N3O4.C17H17ClO.C17H17N3O3.C17H18O2.C14H14O2.C3H5Br.Cl2OS/c1-3-20-35-25-37(31(27-15-9-6-10-16-27)29-18-12-11-17-28(29)24-40-22-4-2)36-21-19-30(38)33(32(36)34(35)39)41-23-26-13-7-5-8-14-26;1-2-12-19-13-15-10-6-7-11-16(15)17(18)14-8-4-3-5-9-14;1-2-9-19-12-18-20-10-8-14(21)16(15(20)17(19)22)23-11-13-6-4-3-5-7-13;1-2-12-19-13-15-10-6-7-11-16(15)17(18)14-8-4-3-5-9-14;15-10-12-8-4-5-9-13(12)14(16)11-6-2-1-3-7-11;1-2-3-4;1-4(2)3/h3-19,21,31H,1-2,20,22-25H2;2-11,17H,1,12-13H2;2-8,10,18H,1,9,11-12H2;2-11,17-18H,1,12-13H2;1-9,14-16H,10H2;2H,1,3H2;. The number of amides is 2. The van der Waals surface area contributed by atoms with Crippen molar-refractivity contribution in [3.63, 3.8) is 0 Å². The van der Waals surface area contributed by atoms with E-state index in [0.717, 1.165) is 83.2 Å². The van der Waals surface area contributed by atoms with Gasteiger partial charge in [-0.1, -0.05) is 331 Å². The van der Waals surface area contributed by atoms with Gasteiger partial charge in [0.15, 0.2) is 22.9 Å². The van der Waals surface area contributed by atoms with Crippen molar-refractivity contribution in [1.29, 1.82) is 0 Å². The normalized spacial score (nSPS) is 12.5. The number of rotatable bonds is 33. The van der Waals surface area contributed by atoms with Crippen LogP contribution in [0.2, 0.25) is 0 Å². The number of hydrogen-bond donors (Lipinski definition) is 4. The lowest BCUT2D eigenvalue weighted by Gasteiger charge is -2.44. The van der Waals surface area contributed by atoms with Crippen molar-refractivity contribution < 1.29 is 52.8 Å². The lowest BCUT2D eigenvalue weighted by atomic mass is 9.94. The molecule has 0 bridgehead atoms. The van der Waals surface area contributed by atoms with E-state index in [9.17, 15) is 34.5 Å². The second-order valence-electron chi connectivity index (χ2n) is 27.7. The number of aliphatic hydroxyl groups excluding tert-OH is 3. The fraction of sp³-hybridized carbons (Fsp3) is 0.176. The van der Waals surface area contributed by atoms with Crippen molar-refractivity contribution in [1.82, 2.24) is 19.2 Å². The number of ether oxygens (including phenoxy) is 5. The number of carbonyl (C=O) groups is 2. The fourth-order valence-electron chi connectivity index (χ4n) is 13.2. The molecular weight excluding hydrogens is 1740 g/mol. The minimum Gasteiger partial charge on any atom is -0.482 e. The Hall–Kier alpha value is -12.1. The van der Waals surface area contributed by atoms with Crippen LogP contribution in [0.25, 0.3) is 0 Å². The molecule has 14 rings (SSSR count).